The average Bonchev–Trinajstić information content (AvgIpc) is 2.45. The molecule has 0 saturated heterocycles. The van der Waals surface area contributed by atoms with E-state index in [-0.39, 0.29) is 18.2 Å². The molecule has 2 amide bonds. The zero-order valence-corrected chi connectivity index (χ0v) is 11.1. The van der Waals surface area contributed by atoms with Gasteiger partial charge in [0.15, 0.2) is 0 Å². The molecule has 1 N–H and O–H groups in total. The summed E-state index contributed by atoms with van der Waals surface area (Å²) in [6.45, 7) is 1.96. The number of carbonyl (C=O) groups excluding carboxylic acids is 2. The van der Waals surface area contributed by atoms with Gasteiger partial charge in [-0.3, -0.25) is 19.3 Å². The number of hydrogen-bond donors (Lipinski definition) is 1. The van der Waals surface area contributed by atoms with Crippen LogP contribution in [0.25, 0.3) is 0 Å². The first kappa shape index (κ1) is 13.9. The summed E-state index contributed by atoms with van der Waals surface area (Å²) in [5.41, 5.74) is 0.431. The lowest BCUT2D eigenvalue weighted by atomic mass is 10.2. The molecule has 0 fully saturated rings. The van der Waals surface area contributed by atoms with Crippen LogP contribution in [0.5, 0.6) is 0 Å². The normalized spacial score (nSPS) is 16.0. The number of halogens is 1. The predicted octanol–water partition coefficient (Wildman–Crippen LogP) is 1.67. The van der Waals surface area contributed by atoms with Crippen molar-refractivity contribution in [2.75, 3.05) is 6.54 Å². The molecule has 0 radical (unpaired) electrons. The maximum atomic E-state index is 11.6. The highest BCUT2D eigenvalue weighted by molar-refractivity contribution is 9.12. The second-order valence-corrected chi connectivity index (χ2v) is 4.70. The highest BCUT2D eigenvalue weighted by Gasteiger charge is 2.33. The van der Waals surface area contributed by atoms with Gasteiger partial charge in [0.05, 0.1) is 4.48 Å². The molecule has 0 aliphatic carbocycles. The van der Waals surface area contributed by atoms with Crippen LogP contribution in [-0.2, 0) is 14.4 Å². The van der Waals surface area contributed by atoms with Crippen LogP contribution < -0.4 is 0 Å². The molecule has 0 saturated carbocycles. The molecule has 0 aromatic carbocycles. The monoisotopic (exact) mass is 303 g/mol. The van der Waals surface area contributed by atoms with Gasteiger partial charge in [-0.15, -0.1) is 0 Å². The van der Waals surface area contributed by atoms with Gasteiger partial charge < -0.3 is 5.11 Å². The zero-order valence-electron chi connectivity index (χ0n) is 9.53. The summed E-state index contributed by atoms with van der Waals surface area (Å²) < 4.78 is 0.327. The number of amides is 2. The molecule has 6 heteroatoms. The maximum absolute atomic E-state index is 11.6. The van der Waals surface area contributed by atoms with E-state index in [1.54, 1.807) is 6.92 Å². The third kappa shape index (κ3) is 3.39. The summed E-state index contributed by atoms with van der Waals surface area (Å²) in [5, 5.41) is 8.45. The molecule has 1 rings (SSSR count). The van der Waals surface area contributed by atoms with E-state index in [1.165, 1.54) is 4.90 Å². The number of imide groups is 1. The zero-order chi connectivity index (χ0) is 13.0. The molecule has 0 atom stereocenters. The number of carboxylic acids is 1. The Kier molecular flexibility index (Phi) is 4.86. The summed E-state index contributed by atoms with van der Waals surface area (Å²) in [7, 11) is 0. The quantitative estimate of drug-likeness (QED) is 0.598. The standard InChI is InChI=1S/C11H14BrNO4/c1-7-9(12)11(17)13(10(7)16)6-4-2-3-5-8(14)15/h2-6H2,1H3,(H,14,15). The lowest BCUT2D eigenvalue weighted by Crippen LogP contribution is -2.32. The molecule has 17 heavy (non-hydrogen) atoms. The van der Waals surface area contributed by atoms with Crippen molar-refractivity contribution in [1.29, 1.82) is 0 Å². The van der Waals surface area contributed by atoms with Crippen LogP contribution in [0.1, 0.15) is 32.6 Å². The van der Waals surface area contributed by atoms with Crippen LogP contribution >= 0.6 is 15.9 Å². The van der Waals surface area contributed by atoms with Crippen LogP contribution in [0.3, 0.4) is 0 Å². The molecular weight excluding hydrogens is 290 g/mol. The Bertz CT molecular complexity index is 365. The highest BCUT2D eigenvalue weighted by Crippen LogP contribution is 2.25. The van der Waals surface area contributed by atoms with Gasteiger partial charge in [0, 0.05) is 18.5 Å². The van der Waals surface area contributed by atoms with E-state index in [0.717, 1.165) is 0 Å². The maximum Gasteiger partial charge on any atom is 0.303 e. The third-order valence-corrected chi connectivity index (χ3v) is 3.53. The van der Waals surface area contributed by atoms with E-state index in [0.29, 0.717) is 35.9 Å². The summed E-state index contributed by atoms with van der Waals surface area (Å²) in [6, 6.07) is 0. The smallest absolute Gasteiger partial charge is 0.303 e. The van der Waals surface area contributed by atoms with Crippen molar-refractivity contribution in [3.8, 4) is 0 Å². The fourth-order valence-corrected chi connectivity index (χ4v) is 1.98. The number of hydrogen-bond acceptors (Lipinski definition) is 3. The summed E-state index contributed by atoms with van der Waals surface area (Å²) in [6.07, 6.45) is 2.03. The molecule has 94 valence electrons. The number of carbonyl (C=O) groups is 3. The lowest BCUT2D eigenvalue weighted by molar-refractivity contribution is -0.139. The second kappa shape index (κ2) is 5.95. The Morgan fingerprint density at radius 1 is 1.24 bits per heavy atom. The fourth-order valence-electron chi connectivity index (χ4n) is 1.59. The van der Waals surface area contributed by atoms with Gasteiger partial charge in [0.1, 0.15) is 0 Å². The molecule has 0 bridgehead atoms. The SMILES string of the molecule is CC1=C(Br)C(=O)N(CCCCCC(=O)O)C1=O. The van der Waals surface area contributed by atoms with Gasteiger partial charge in [0.2, 0.25) is 0 Å². The first-order valence-electron chi connectivity index (χ1n) is 5.39. The van der Waals surface area contributed by atoms with Gasteiger partial charge in [-0.25, -0.2) is 0 Å². The van der Waals surface area contributed by atoms with Gasteiger partial charge in [0.25, 0.3) is 11.8 Å². The molecule has 0 unspecified atom stereocenters. The number of aliphatic carboxylic acids is 1. The minimum atomic E-state index is -0.821. The Balaban J connectivity index is 2.33. The minimum Gasteiger partial charge on any atom is -0.481 e. The molecule has 0 aromatic rings. The van der Waals surface area contributed by atoms with Crippen molar-refractivity contribution in [3.63, 3.8) is 0 Å². The minimum absolute atomic E-state index is 0.128. The van der Waals surface area contributed by atoms with Crippen molar-refractivity contribution < 1.29 is 19.5 Å². The summed E-state index contributed by atoms with van der Waals surface area (Å²) in [4.78, 5) is 34.7. The lowest BCUT2D eigenvalue weighted by Gasteiger charge is -2.13. The van der Waals surface area contributed by atoms with Crippen LogP contribution in [0.2, 0.25) is 0 Å². The van der Waals surface area contributed by atoms with E-state index in [1.807, 2.05) is 0 Å². The Morgan fingerprint density at radius 2 is 1.88 bits per heavy atom. The van der Waals surface area contributed by atoms with Crippen LogP contribution in [0.4, 0.5) is 0 Å². The van der Waals surface area contributed by atoms with Gasteiger partial charge in [-0.05, 0) is 35.7 Å². The second-order valence-electron chi connectivity index (χ2n) is 3.91. The van der Waals surface area contributed by atoms with E-state index in [4.69, 9.17) is 5.11 Å². The van der Waals surface area contributed by atoms with Crippen molar-refractivity contribution in [1.82, 2.24) is 4.90 Å². The van der Waals surface area contributed by atoms with Gasteiger partial charge in [-0.2, -0.15) is 0 Å². The average molecular weight is 304 g/mol. The van der Waals surface area contributed by atoms with Crippen LogP contribution in [-0.4, -0.2) is 34.3 Å². The van der Waals surface area contributed by atoms with E-state index in [9.17, 15) is 14.4 Å². The van der Waals surface area contributed by atoms with Crippen molar-refractivity contribution in [2.24, 2.45) is 0 Å². The molecular formula is C11H14BrNO4. The molecule has 1 aliphatic rings. The number of rotatable bonds is 6. The van der Waals surface area contributed by atoms with Crippen molar-refractivity contribution in [2.45, 2.75) is 32.6 Å². The van der Waals surface area contributed by atoms with Crippen LogP contribution in [0.15, 0.2) is 10.1 Å². The molecule has 0 aromatic heterocycles. The topological polar surface area (TPSA) is 74.7 Å². The number of unbranched alkanes of at least 4 members (excludes halogenated alkanes) is 2. The molecule has 1 heterocycles. The molecule has 5 nitrogen and oxygen atoms in total. The Morgan fingerprint density at radius 3 is 2.35 bits per heavy atom. The predicted molar refractivity (Wildman–Crippen MR) is 64.5 cm³/mol. The highest BCUT2D eigenvalue weighted by atomic mass is 79.9. The van der Waals surface area contributed by atoms with Gasteiger partial charge >= 0.3 is 5.97 Å². The number of carboxylic acid groups (broad SMARTS) is 1. The Hall–Kier alpha value is -1.17. The van der Waals surface area contributed by atoms with Crippen molar-refractivity contribution in [3.05, 3.63) is 10.1 Å². The molecule has 1 aliphatic heterocycles. The Labute approximate surface area is 108 Å². The molecule has 0 spiro atoms. The van der Waals surface area contributed by atoms with Crippen LogP contribution in [0, 0.1) is 0 Å². The number of nitrogens with zero attached hydrogens (tertiary/aromatic N) is 1. The largest absolute Gasteiger partial charge is 0.481 e. The first-order valence-corrected chi connectivity index (χ1v) is 6.18. The third-order valence-electron chi connectivity index (χ3n) is 2.60. The van der Waals surface area contributed by atoms with Gasteiger partial charge in [-0.1, -0.05) is 6.42 Å². The van der Waals surface area contributed by atoms with E-state index < -0.39 is 5.97 Å². The first-order chi connectivity index (χ1) is 7.95. The summed E-state index contributed by atoms with van der Waals surface area (Å²) >= 11 is 3.08. The van der Waals surface area contributed by atoms with E-state index in [2.05, 4.69) is 15.9 Å². The van der Waals surface area contributed by atoms with Crippen molar-refractivity contribution >= 4 is 33.7 Å². The summed E-state index contributed by atoms with van der Waals surface area (Å²) in [5.74, 6) is -1.38. The van der Waals surface area contributed by atoms with E-state index >= 15 is 0 Å². The fraction of sp³-hybridized carbons (Fsp3) is 0.545.